The number of nitrogens with one attached hydrogen (secondary N) is 1. The fourth-order valence-corrected chi connectivity index (χ4v) is 1.75. The average Bonchev–Trinajstić information content (AvgIpc) is 2.39. The van der Waals surface area contributed by atoms with Crippen LogP contribution < -0.4 is 5.32 Å². The molecule has 0 heterocycles. The number of hydrogen-bond acceptors (Lipinski definition) is 4. The minimum Gasteiger partial charge on any atom is -0.480 e. The second kappa shape index (κ2) is 9.30. The van der Waals surface area contributed by atoms with E-state index in [0.29, 0.717) is 0 Å². The van der Waals surface area contributed by atoms with Crippen molar-refractivity contribution in [2.24, 2.45) is 0 Å². The van der Waals surface area contributed by atoms with Gasteiger partial charge in [-0.15, -0.1) is 0 Å². The minimum atomic E-state index is -1.05. The molecule has 2 N–H and O–H groups in total. The van der Waals surface area contributed by atoms with Crippen LogP contribution >= 0.6 is 0 Å². The molecule has 0 aliphatic rings. The lowest BCUT2D eigenvalue weighted by Crippen LogP contribution is -2.50. The van der Waals surface area contributed by atoms with Crippen molar-refractivity contribution in [3.63, 3.8) is 0 Å². The number of carboxylic acid groups (broad SMARTS) is 1. The summed E-state index contributed by atoms with van der Waals surface area (Å²) in [4.78, 5) is 37.3. The Kier molecular flexibility index (Phi) is 8.54. The van der Waals surface area contributed by atoms with Crippen molar-refractivity contribution in [3.8, 4) is 0 Å². The van der Waals surface area contributed by atoms with E-state index in [2.05, 4.69) is 5.32 Å². The Labute approximate surface area is 119 Å². The van der Waals surface area contributed by atoms with E-state index in [1.165, 1.54) is 18.7 Å². The largest absolute Gasteiger partial charge is 0.480 e. The van der Waals surface area contributed by atoms with E-state index in [1.807, 2.05) is 18.7 Å². The van der Waals surface area contributed by atoms with Gasteiger partial charge < -0.3 is 15.3 Å². The Morgan fingerprint density at radius 2 is 1.75 bits per heavy atom. The van der Waals surface area contributed by atoms with Crippen LogP contribution in [0.2, 0.25) is 0 Å². The van der Waals surface area contributed by atoms with Crippen molar-refractivity contribution in [3.05, 3.63) is 0 Å². The van der Waals surface area contributed by atoms with Gasteiger partial charge in [-0.3, -0.25) is 14.5 Å². The van der Waals surface area contributed by atoms with Gasteiger partial charge in [0.05, 0.1) is 6.54 Å². The quantitative estimate of drug-likeness (QED) is 0.611. The Morgan fingerprint density at radius 3 is 2.15 bits per heavy atom. The molecular weight excluding hydrogens is 262 g/mol. The molecule has 0 radical (unpaired) electrons. The first-order valence-electron chi connectivity index (χ1n) is 6.82. The molecule has 7 nitrogen and oxygen atoms in total. The SMILES string of the molecule is CCN(CC)CC(=O)N(CCNC(C)=O)C(C)C(=O)O. The molecule has 1 unspecified atom stereocenters. The molecule has 20 heavy (non-hydrogen) atoms. The summed E-state index contributed by atoms with van der Waals surface area (Å²) < 4.78 is 0. The normalized spacial score (nSPS) is 12.1. The first kappa shape index (κ1) is 18.4. The van der Waals surface area contributed by atoms with Crippen LogP contribution in [-0.2, 0) is 14.4 Å². The molecule has 7 heteroatoms. The molecule has 0 fully saturated rings. The third-order valence-corrected chi connectivity index (χ3v) is 3.13. The molecule has 0 aliphatic heterocycles. The van der Waals surface area contributed by atoms with Crippen molar-refractivity contribution in [2.75, 3.05) is 32.7 Å². The Morgan fingerprint density at radius 1 is 1.20 bits per heavy atom. The second-order valence-electron chi connectivity index (χ2n) is 4.55. The van der Waals surface area contributed by atoms with Gasteiger partial charge in [-0.25, -0.2) is 4.79 Å². The predicted octanol–water partition coefficient (Wildman–Crippen LogP) is -0.234. The summed E-state index contributed by atoms with van der Waals surface area (Å²) in [5, 5.41) is 11.6. The molecule has 0 aromatic carbocycles. The average molecular weight is 287 g/mol. The standard InChI is InChI=1S/C13H25N3O4/c1-5-15(6-2)9-12(18)16(10(3)13(19)20)8-7-14-11(4)17/h10H,5-9H2,1-4H3,(H,14,17)(H,19,20). The Balaban J connectivity index is 4.69. The van der Waals surface area contributed by atoms with Crippen LogP contribution in [0, 0.1) is 0 Å². The number of aliphatic carboxylic acids is 1. The molecular formula is C13H25N3O4. The van der Waals surface area contributed by atoms with E-state index in [4.69, 9.17) is 5.11 Å². The summed E-state index contributed by atoms with van der Waals surface area (Å²) in [5.74, 6) is -1.50. The second-order valence-corrected chi connectivity index (χ2v) is 4.55. The first-order valence-corrected chi connectivity index (χ1v) is 6.82. The highest BCUT2D eigenvalue weighted by Crippen LogP contribution is 2.02. The van der Waals surface area contributed by atoms with E-state index in [1.54, 1.807) is 0 Å². The van der Waals surface area contributed by atoms with Gasteiger partial charge in [0.25, 0.3) is 0 Å². The number of carboxylic acids is 1. The van der Waals surface area contributed by atoms with Gasteiger partial charge in [0.15, 0.2) is 0 Å². The van der Waals surface area contributed by atoms with Crippen LogP contribution in [0.4, 0.5) is 0 Å². The summed E-state index contributed by atoms with van der Waals surface area (Å²) in [6, 6.07) is -0.910. The molecule has 0 saturated carbocycles. The van der Waals surface area contributed by atoms with Gasteiger partial charge >= 0.3 is 5.97 Å². The van der Waals surface area contributed by atoms with Crippen molar-refractivity contribution < 1.29 is 19.5 Å². The Bertz CT molecular complexity index is 343. The third-order valence-electron chi connectivity index (χ3n) is 3.13. The van der Waals surface area contributed by atoms with Crippen LogP contribution in [-0.4, -0.2) is 71.5 Å². The molecule has 0 aliphatic carbocycles. The maximum Gasteiger partial charge on any atom is 0.326 e. The van der Waals surface area contributed by atoms with Crippen LogP contribution in [0.5, 0.6) is 0 Å². The van der Waals surface area contributed by atoms with Crippen LogP contribution in [0.1, 0.15) is 27.7 Å². The number of carbonyl (C=O) groups excluding carboxylic acids is 2. The van der Waals surface area contributed by atoms with Crippen molar-refractivity contribution in [2.45, 2.75) is 33.7 Å². The Hall–Kier alpha value is -1.63. The van der Waals surface area contributed by atoms with Gasteiger partial charge in [-0.1, -0.05) is 13.8 Å². The molecule has 0 aromatic heterocycles. The summed E-state index contributed by atoms with van der Waals surface area (Å²) in [6.45, 7) is 8.80. The maximum atomic E-state index is 12.2. The fourth-order valence-electron chi connectivity index (χ4n) is 1.75. The number of rotatable bonds is 9. The van der Waals surface area contributed by atoms with E-state index in [9.17, 15) is 14.4 Å². The van der Waals surface area contributed by atoms with E-state index < -0.39 is 12.0 Å². The number of likely N-dealkylation sites (N-methyl/N-ethyl adjacent to an activating group) is 1. The highest BCUT2D eigenvalue weighted by Gasteiger charge is 2.25. The van der Waals surface area contributed by atoms with Crippen molar-refractivity contribution >= 4 is 17.8 Å². The lowest BCUT2D eigenvalue weighted by Gasteiger charge is -2.29. The van der Waals surface area contributed by atoms with Gasteiger partial charge in [0, 0.05) is 20.0 Å². The zero-order valence-corrected chi connectivity index (χ0v) is 12.7. The monoisotopic (exact) mass is 287 g/mol. The van der Waals surface area contributed by atoms with Crippen LogP contribution in [0.25, 0.3) is 0 Å². The summed E-state index contributed by atoms with van der Waals surface area (Å²) in [7, 11) is 0. The summed E-state index contributed by atoms with van der Waals surface area (Å²) in [5.41, 5.74) is 0. The number of carbonyl (C=O) groups is 3. The summed E-state index contributed by atoms with van der Waals surface area (Å²) >= 11 is 0. The minimum absolute atomic E-state index is 0.185. The van der Waals surface area contributed by atoms with Crippen molar-refractivity contribution in [1.29, 1.82) is 0 Å². The highest BCUT2D eigenvalue weighted by molar-refractivity contribution is 5.84. The fraction of sp³-hybridized carbons (Fsp3) is 0.769. The smallest absolute Gasteiger partial charge is 0.326 e. The van der Waals surface area contributed by atoms with E-state index >= 15 is 0 Å². The maximum absolute atomic E-state index is 12.2. The highest BCUT2D eigenvalue weighted by atomic mass is 16.4. The van der Waals surface area contributed by atoms with Crippen LogP contribution in [0.15, 0.2) is 0 Å². The lowest BCUT2D eigenvalue weighted by atomic mass is 10.2. The van der Waals surface area contributed by atoms with Crippen molar-refractivity contribution in [1.82, 2.24) is 15.1 Å². The first-order chi connectivity index (χ1) is 9.33. The molecule has 0 aromatic rings. The van der Waals surface area contributed by atoms with Gasteiger partial charge in [-0.2, -0.15) is 0 Å². The predicted molar refractivity (Wildman–Crippen MR) is 75.3 cm³/mol. The third kappa shape index (κ3) is 6.51. The molecule has 1 atom stereocenters. The molecule has 0 saturated heterocycles. The number of amides is 2. The summed E-state index contributed by atoms with van der Waals surface area (Å²) in [6.07, 6.45) is 0. The van der Waals surface area contributed by atoms with Crippen LogP contribution in [0.3, 0.4) is 0 Å². The number of nitrogens with zero attached hydrogens (tertiary/aromatic N) is 2. The molecule has 0 bridgehead atoms. The molecule has 0 rings (SSSR count). The number of hydrogen-bond donors (Lipinski definition) is 2. The molecule has 2 amide bonds. The molecule has 0 spiro atoms. The zero-order chi connectivity index (χ0) is 15.7. The topological polar surface area (TPSA) is 90.0 Å². The zero-order valence-electron chi connectivity index (χ0n) is 12.7. The molecule has 116 valence electrons. The van der Waals surface area contributed by atoms with Gasteiger partial charge in [0.2, 0.25) is 11.8 Å². The van der Waals surface area contributed by atoms with Gasteiger partial charge in [-0.05, 0) is 20.0 Å². The van der Waals surface area contributed by atoms with E-state index in [-0.39, 0.29) is 31.4 Å². The van der Waals surface area contributed by atoms with E-state index in [0.717, 1.165) is 13.1 Å². The van der Waals surface area contributed by atoms with Gasteiger partial charge in [0.1, 0.15) is 6.04 Å². The lowest BCUT2D eigenvalue weighted by molar-refractivity contribution is -0.149.